The van der Waals surface area contributed by atoms with Crippen LogP contribution in [0.5, 0.6) is 0 Å². The molecule has 0 fully saturated rings. The quantitative estimate of drug-likeness (QED) is 0.236. The van der Waals surface area contributed by atoms with Crippen LogP contribution in [0, 0.1) is 5.41 Å². The lowest BCUT2D eigenvalue weighted by Crippen LogP contribution is -2.38. The van der Waals surface area contributed by atoms with Gasteiger partial charge in [-0.3, -0.25) is 14.4 Å². The van der Waals surface area contributed by atoms with Gasteiger partial charge < -0.3 is 30.8 Å². The molecule has 2 rings (SSSR count). The van der Waals surface area contributed by atoms with Crippen LogP contribution in [0.25, 0.3) is 0 Å². The first-order chi connectivity index (χ1) is 15.7. The maximum atomic E-state index is 12.8. The minimum absolute atomic E-state index is 0.241. The molecule has 0 radical (unpaired) electrons. The van der Waals surface area contributed by atoms with E-state index in [0.717, 1.165) is 0 Å². The van der Waals surface area contributed by atoms with Gasteiger partial charge in [0, 0.05) is 29.3 Å². The lowest BCUT2D eigenvalue weighted by molar-refractivity contribution is -0.129. The van der Waals surface area contributed by atoms with Crippen LogP contribution in [0.4, 0.5) is 17.1 Å². The van der Waals surface area contributed by atoms with Crippen molar-refractivity contribution in [2.75, 3.05) is 22.1 Å². The molecule has 33 heavy (non-hydrogen) atoms. The molecule has 4 N–H and O–H groups in total. The highest BCUT2D eigenvalue weighted by atomic mass is 16.3. The Morgan fingerprint density at radius 3 is 2.15 bits per heavy atom. The third kappa shape index (κ3) is 7.65. The molecule has 0 heterocycles. The highest BCUT2D eigenvalue weighted by molar-refractivity contribution is 6.02. The Morgan fingerprint density at radius 2 is 1.61 bits per heavy atom. The number of hydrogen-bond donors (Lipinski definition) is 4. The molecule has 0 spiro atoms. The van der Waals surface area contributed by atoms with Crippen molar-refractivity contribution in [2.45, 2.75) is 39.2 Å². The first-order valence-electron chi connectivity index (χ1n) is 10.5. The fourth-order valence-corrected chi connectivity index (χ4v) is 3.03. The predicted molar refractivity (Wildman–Crippen MR) is 127 cm³/mol. The topological polar surface area (TPSA) is 140 Å². The third-order valence-electron chi connectivity index (χ3n) is 4.74. The summed E-state index contributed by atoms with van der Waals surface area (Å²) in [6, 6.07) is 13.1. The molecule has 0 aliphatic carbocycles. The number of aliphatic hydroxyl groups is 1. The molecular formula is C24H28N4O5. The van der Waals surface area contributed by atoms with Gasteiger partial charge in [-0.05, 0) is 55.3 Å². The fraction of sp³-hybridized carbons (Fsp3) is 0.292. The lowest BCUT2D eigenvalue weighted by atomic mass is 10.1. The van der Waals surface area contributed by atoms with Crippen molar-refractivity contribution in [3.63, 3.8) is 0 Å². The maximum absolute atomic E-state index is 12.8. The van der Waals surface area contributed by atoms with E-state index in [4.69, 9.17) is 5.41 Å². The lowest BCUT2D eigenvalue weighted by Gasteiger charge is -2.24. The molecule has 174 valence electrons. The zero-order chi connectivity index (χ0) is 24.4. The smallest absolute Gasteiger partial charge is 0.253 e. The number of nitrogens with zero attached hydrogens (tertiary/aromatic N) is 1. The maximum Gasteiger partial charge on any atom is 0.253 e. The van der Waals surface area contributed by atoms with Crippen LogP contribution in [-0.2, 0) is 19.2 Å². The zero-order valence-corrected chi connectivity index (χ0v) is 18.6. The SMILES string of the molecule is CCCN(C(=O)CC(O)C(=O)Nc1ccc(C(C)=N)cc1)c1ccc(NC(=O)CC=O)cc1. The summed E-state index contributed by atoms with van der Waals surface area (Å²) < 4.78 is 0. The summed E-state index contributed by atoms with van der Waals surface area (Å²) in [6.45, 7) is 3.94. The Hall–Kier alpha value is -3.85. The summed E-state index contributed by atoms with van der Waals surface area (Å²) in [5.41, 5.74) is 2.60. The zero-order valence-electron chi connectivity index (χ0n) is 18.6. The largest absolute Gasteiger partial charge is 0.383 e. The van der Waals surface area contributed by atoms with Crippen molar-refractivity contribution in [1.29, 1.82) is 5.41 Å². The van der Waals surface area contributed by atoms with Gasteiger partial charge in [-0.2, -0.15) is 0 Å². The standard InChI is InChI=1S/C24H28N4O5/c1-3-13-28(20-10-8-18(9-11-20)26-22(31)12-14-29)23(32)15-21(30)24(33)27-19-6-4-17(5-7-19)16(2)25/h4-11,14,21,25,30H,3,12-13,15H2,1-2H3,(H,26,31)(H,27,33). The Morgan fingerprint density at radius 1 is 1.03 bits per heavy atom. The normalized spacial score (nSPS) is 11.2. The van der Waals surface area contributed by atoms with Crippen LogP contribution in [0.15, 0.2) is 48.5 Å². The van der Waals surface area contributed by atoms with Gasteiger partial charge in [0.1, 0.15) is 12.4 Å². The number of aldehydes is 1. The van der Waals surface area contributed by atoms with E-state index < -0.39 is 30.2 Å². The summed E-state index contributed by atoms with van der Waals surface area (Å²) in [5, 5.41) is 23.0. The summed E-state index contributed by atoms with van der Waals surface area (Å²) in [7, 11) is 0. The van der Waals surface area contributed by atoms with Gasteiger partial charge >= 0.3 is 0 Å². The summed E-state index contributed by atoms with van der Waals surface area (Å²) >= 11 is 0. The molecule has 1 atom stereocenters. The van der Waals surface area contributed by atoms with Gasteiger partial charge in [0.05, 0.1) is 12.8 Å². The number of nitrogens with one attached hydrogen (secondary N) is 3. The number of benzene rings is 2. The van der Waals surface area contributed by atoms with E-state index in [2.05, 4.69) is 10.6 Å². The second kappa shape index (κ2) is 12.3. The molecule has 0 saturated heterocycles. The number of amides is 3. The van der Waals surface area contributed by atoms with Crippen LogP contribution in [0.3, 0.4) is 0 Å². The molecular weight excluding hydrogens is 424 g/mol. The average molecular weight is 453 g/mol. The summed E-state index contributed by atoms with van der Waals surface area (Å²) in [5.74, 6) is -1.56. The highest BCUT2D eigenvalue weighted by Crippen LogP contribution is 2.20. The Labute approximate surface area is 192 Å². The number of hydrogen-bond acceptors (Lipinski definition) is 6. The third-order valence-corrected chi connectivity index (χ3v) is 4.74. The fourth-order valence-electron chi connectivity index (χ4n) is 3.03. The Balaban J connectivity index is 2.01. The van der Waals surface area contributed by atoms with Crippen molar-refractivity contribution >= 4 is 46.8 Å². The molecule has 1 unspecified atom stereocenters. The average Bonchev–Trinajstić information content (AvgIpc) is 2.78. The molecule has 0 aromatic heterocycles. The number of carbonyl (C=O) groups is 4. The van der Waals surface area contributed by atoms with Crippen LogP contribution in [0.1, 0.15) is 38.7 Å². The van der Waals surface area contributed by atoms with E-state index >= 15 is 0 Å². The van der Waals surface area contributed by atoms with Crippen LogP contribution >= 0.6 is 0 Å². The monoisotopic (exact) mass is 452 g/mol. The van der Waals surface area contributed by atoms with E-state index in [1.54, 1.807) is 55.5 Å². The van der Waals surface area contributed by atoms with Gasteiger partial charge in [-0.1, -0.05) is 19.1 Å². The second-order valence-electron chi connectivity index (χ2n) is 7.42. The number of carbonyl (C=O) groups excluding carboxylic acids is 4. The molecule has 2 aromatic rings. The van der Waals surface area contributed by atoms with E-state index in [9.17, 15) is 24.3 Å². The van der Waals surface area contributed by atoms with Crippen molar-refractivity contribution in [3.05, 3.63) is 54.1 Å². The molecule has 2 aromatic carbocycles. The predicted octanol–water partition coefficient (Wildman–Crippen LogP) is 2.73. The van der Waals surface area contributed by atoms with Crippen LogP contribution < -0.4 is 15.5 Å². The Bertz CT molecular complexity index is 1000. The van der Waals surface area contributed by atoms with Crippen molar-refractivity contribution in [2.24, 2.45) is 0 Å². The number of anilines is 3. The Kier molecular flexibility index (Phi) is 9.44. The van der Waals surface area contributed by atoms with E-state index in [1.165, 1.54) is 4.90 Å². The first-order valence-corrected chi connectivity index (χ1v) is 10.5. The van der Waals surface area contributed by atoms with Gasteiger partial charge in [-0.15, -0.1) is 0 Å². The highest BCUT2D eigenvalue weighted by Gasteiger charge is 2.23. The van der Waals surface area contributed by atoms with Gasteiger partial charge in [0.2, 0.25) is 11.8 Å². The van der Waals surface area contributed by atoms with Crippen LogP contribution in [0.2, 0.25) is 0 Å². The summed E-state index contributed by atoms with van der Waals surface area (Å²) in [4.78, 5) is 48.6. The van der Waals surface area contributed by atoms with Crippen LogP contribution in [-0.4, -0.2) is 47.5 Å². The van der Waals surface area contributed by atoms with E-state index in [0.29, 0.717) is 47.6 Å². The van der Waals surface area contributed by atoms with E-state index in [1.807, 2.05) is 6.92 Å². The second-order valence-corrected chi connectivity index (χ2v) is 7.42. The van der Waals surface area contributed by atoms with Gasteiger partial charge in [0.25, 0.3) is 5.91 Å². The number of aliphatic hydroxyl groups excluding tert-OH is 1. The van der Waals surface area contributed by atoms with E-state index in [-0.39, 0.29) is 6.42 Å². The molecule has 0 aliphatic heterocycles. The van der Waals surface area contributed by atoms with Gasteiger partial charge in [0.15, 0.2) is 0 Å². The first kappa shape index (κ1) is 25.4. The molecule has 0 bridgehead atoms. The van der Waals surface area contributed by atoms with Crippen molar-refractivity contribution in [1.82, 2.24) is 0 Å². The molecule has 9 heteroatoms. The summed E-state index contributed by atoms with van der Waals surface area (Å²) in [6.07, 6.45) is -1.01. The van der Waals surface area contributed by atoms with Gasteiger partial charge in [-0.25, -0.2) is 0 Å². The number of rotatable bonds is 11. The minimum Gasteiger partial charge on any atom is -0.383 e. The minimum atomic E-state index is -1.54. The van der Waals surface area contributed by atoms with Crippen molar-refractivity contribution in [3.8, 4) is 0 Å². The molecule has 0 aliphatic rings. The molecule has 9 nitrogen and oxygen atoms in total. The molecule has 0 saturated carbocycles. The van der Waals surface area contributed by atoms with Crippen molar-refractivity contribution < 1.29 is 24.3 Å². The molecule has 3 amide bonds.